The maximum absolute atomic E-state index is 10.9. The lowest BCUT2D eigenvalue weighted by atomic mass is 10.0. The Hall–Kier alpha value is -1.45. The van der Waals surface area contributed by atoms with Gasteiger partial charge in [0.15, 0.2) is 0 Å². The summed E-state index contributed by atoms with van der Waals surface area (Å²) in [5.41, 5.74) is 0. The Morgan fingerprint density at radius 2 is 1.71 bits per heavy atom. The Morgan fingerprint density at radius 3 is 2.07 bits per heavy atom. The van der Waals surface area contributed by atoms with Gasteiger partial charge in [-0.25, -0.2) is 4.79 Å². The standard InChI is InChI=1S/C10H14O4/c1-4-14-10(13)6-5-9(7(2)11)8(3)12/h5-6,9H,4H2,1-3H3/b6-5+. The third-order valence-corrected chi connectivity index (χ3v) is 1.59. The number of hydrogen-bond donors (Lipinski definition) is 0. The SMILES string of the molecule is CCOC(=O)/C=C/C(C(C)=O)C(C)=O. The van der Waals surface area contributed by atoms with Crippen LogP contribution >= 0.6 is 0 Å². The van der Waals surface area contributed by atoms with Gasteiger partial charge in [-0.2, -0.15) is 0 Å². The molecule has 0 aromatic carbocycles. The summed E-state index contributed by atoms with van der Waals surface area (Å²) in [5.74, 6) is -1.93. The number of allylic oxidation sites excluding steroid dienone is 1. The highest BCUT2D eigenvalue weighted by Gasteiger charge is 2.15. The van der Waals surface area contributed by atoms with Crippen LogP contribution in [-0.4, -0.2) is 24.1 Å². The third kappa shape index (κ3) is 4.54. The van der Waals surface area contributed by atoms with Crippen LogP contribution in [0.1, 0.15) is 20.8 Å². The number of carbonyl (C=O) groups is 3. The molecular formula is C10H14O4. The molecule has 0 atom stereocenters. The van der Waals surface area contributed by atoms with E-state index in [0.717, 1.165) is 6.08 Å². The summed E-state index contributed by atoms with van der Waals surface area (Å²) in [7, 11) is 0. The fourth-order valence-corrected chi connectivity index (χ4v) is 0.922. The lowest BCUT2D eigenvalue weighted by Crippen LogP contribution is -2.17. The molecule has 0 aromatic heterocycles. The molecule has 0 spiro atoms. The average Bonchev–Trinajstić information content (AvgIpc) is 2.03. The van der Waals surface area contributed by atoms with E-state index < -0.39 is 11.9 Å². The highest BCUT2D eigenvalue weighted by molar-refractivity contribution is 6.02. The van der Waals surface area contributed by atoms with Crippen molar-refractivity contribution < 1.29 is 19.1 Å². The first-order chi connectivity index (χ1) is 6.49. The maximum Gasteiger partial charge on any atom is 0.330 e. The fourth-order valence-electron chi connectivity index (χ4n) is 0.922. The van der Waals surface area contributed by atoms with E-state index in [0.29, 0.717) is 0 Å². The van der Waals surface area contributed by atoms with Gasteiger partial charge in [-0.15, -0.1) is 0 Å². The molecule has 0 unspecified atom stereocenters. The predicted octanol–water partition coefficient (Wildman–Crippen LogP) is 0.900. The van der Waals surface area contributed by atoms with E-state index >= 15 is 0 Å². The number of ether oxygens (including phenoxy) is 1. The van der Waals surface area contributed by atoms with Gasteiger partial charge in [0.1, 0.15) is 11.6 Å². The summed E-state index contributed by atoms with van der Waals surface area (Å²) in [6, 6.07) is 0. The summed E-state index contributed by atoms with van der Waals surface area (Å²) in [6.45, 7) is 4.57. The van der Waals surface area contributed by atoms with Crippen LogP contribution in [0.5, 0.6) is 0 Å². The van der Waals surface area contributed by atoms with Gasteiger partial charge >= 0.3 is 5.97 Å². The molecule has 0 aliphatic rings. The molecule has 0 aliphatic carbocycles. The second-order valence-electron chi connectivity index (χ2n) is 2.81. The quantitative estimate of drug-likeness (QED) is 0.374. The van der Waals surface area contributed by atoms with Gasteiger partial charge in [0.2, 0.25) is 0 Å². The number of carbonyl (C=O) groups excluding carboxylic acids is 3. The lowest BCUT2D eigenvalue weighted by molar-refractivity contribution is -0.137. The van der Waals surface area contributed by atoms with E-state index in [9.17, 15) is 14.4 Å². The van der Waals surface area contributed by atoms with Crippen molar-refractivity contribution in [2.75, 3.05) is 6.61 Å². The highest BCUT2D eigenvalue weighted by atomic mass is 16.5. The Balaban J connectivity index is 4.37. The van der Waals surface area contributed by atoms with Gasteiger partial charge in [0.05, 0.1) is 12.5 Å². The molecule has 78 valence electrons. The van der Waals surface area contributed by atoms with Crippen LogP contribution in [0.25, 0.3) is 0 Å². The molecule has 0 rings (SSSR count). The van der Waals surface area contributed by atoms with E-state index in [-0.39, 0.29) is 18.2 Å². The predicted molar refractivity (Wildman–Crippen MR) is 50.6 cm³/mol. The van der Waals surface area contributed by atoms with E-state index in [1.807, 2.05) is 0 Å². The van der Waals surface area contributed by atoms with Crippen LogP contribution in [0.15, 0.2) is 12.2 Å². The zero-order valence-corrected chi connectivity index (χ0v) is 8.57. The molecule has 0 fully saturated rings. The number of rotatable bonds is 5. The van der Waals surface area contributed by atoms with Crippen LogP contribution in [0, 0.1) is 5.92 Å². The minimum absolute atomic E-state index is 0.272. The first-order valence-electron chi connectivity index (χ1n) is 4.34. The van der Waals surface area contributed by atoms with E-state index in [1.165, 1.54) is 19.9 Å². The number of Topliss-reactive ketones (excluding diaryl/α,β-unsaturated/α-hetero) is 2. The van der Waals surface area contributed by atoms with Gasteiger partial charge in [0, 0.05) is 6.08 Å². The average molecular weight is 198 g/mol. The molecule has 0 bridgehead atoms. The van der Waals surface area contributed by atoms with Crippen molar-refractivity contribution in [3.8, 4) is 0 Å². The zero-order chi connectivity index (χ0) is 11.1. The molecule has 4 heteroatoms. The normalized spacial score (nSPS) is 10.6. The molecule has 4 nitrogen and oxygen atoms in total. The van der Waals surface area contributed by atoms with Crippen molar-refractivity contribution in [2.24, 2.45) is 5.92 Å². The van der Waals surface area contributed by atoms with Crippen LogP contribution in [0.2, 0.25) is 0 Å². The Kier molecular flexibility index (Phi) is 5.44. The molecule has 14 heavy (non-hydrogen) atoms. The monoisotopic (exact) mass is 198 g/mol. The van der Waals surface area contributed by atoms with Crippen LogP contribution in [0.4, 0.5) is 0 Å². The summed E-state index contributed by atoms with van der Waals surface area (Å²) < 4.78 is 4.60. The molecule has 0 aliphatic heterocycles. The first-order valence-corrected chi connectivity index (χ1v) is 4.34. The second kappa shape index (κ2) is 6.07. The maximum atomic E-state index is 10.9. The molecule has 0 amide bonds. The lowest BCUT2D eigenvalue weighted by Gasteiger charge is -2.02. The third-order valence-electron chi connectivity index (χ3n) is 1.59. The van der Waals surface area contributed by atoms with Gasteiger partial charge in [-0.1, -0.05) is 6.08 Å². The van der Waals surface area contributed by atoms with Crippen molar-refractivity contribution >= 4 is 17.5 Å². The molecule has 0 saturated heterocycles. The summed E-state index contributed by atoms with van der Waals surface area (Å²) in [5, 5.41) is 0. The molecule has 0 aromatic rings. The van der Waals surface area contributed by atoms with Crippen molar-refractivity contribution in [1.82, 2.24) is 0 Å². The van der Waals surface area contributed by atoms with Crippen molar-refractivity contribution in [3.05, 3.63) is 12.2 Å². The molecule has 0 saturated carbocycles. The minimum atomic E-state index is -0.834. The van der Waals surface area contributed by atoms with Crippen molar-refractivity contribution in [2.45, 2.75) is 20.8 Å². The summed E-state index contributed by atoms with van der Waals surface area (Å²) in [6.07, 6.45) is 2.37. The minimum Gasteiger partial charge on any atom is -0.463 e. The molecule has 0 N–H and O–H groups in total. The molecule has 0 radical (unpaired) electrons. The zero-order valence-electron chi connectivity index (χ0n) is 8.57. The van der Waals surface area contributed by atoms with E-state index in [1.54, 1.807) is 6.92 Å². The first kappa shape index (κ1) is 12.6. The molecular weight excluding hydrogens is 184 g/mol. The van der Waals surface area contributed by atoms with Gasteiger partial charge in [-0.05, 0) is 20.8 Å². The fraction of sp³-hybridized carbons (Fsp3) is 0.500. The van der Waals surface area contributed by atoms with Crippen LogP contribution in [0.3, 0.4) is 0 Å². The van der Waals surface area contributed by atoms with Crippen molar-refractivity contribution in [3.63, 3.8) is 0 Å². The van der Waals surface area contributed by atoms with E-state index in [2.05, 4.69) is 4.74 Å². The Morgan fingerprint density at radius 1 is 1.21 bits per heavy atom. The Bertz CT molecular complexity index is 251. The summed E-state index contributed by atoms with van der Waals surface area (Å²) in [4.78, 5) is 32.7. The number of ketones is 2. The molecule has 0 heterocycles. The van der Waals surface area contributed by atoms with Crippen LogP contribution < -0.4 is 0 Å². The van der Waals surface area contributed by atoms with Crippen molar-refractivity contribution in [1.29, 1.82) is 0 Å². The topological polar surface area (TPSA) is 60.4 Å². The number of esters is 1. The van der Waals surface area contributed by atoms with Gasteiger partial charge < -0.3 is 4.74 Å². The van der Waals surface area contributed by atoms with Gasteiger partial charge in [-0.3, -0.25) is 9.59 Å². The van der Waals surface area contributed by atoms with Crippen LogP contribution in [-0.2, 0) is 19.1 Å². The second-order valence-corrected chi connectivity index (χ2v) is 2.81. The smallest absolute Gasteiger partial charge is 0.330 e. The largest absolute Gasteiger partial charge is 0.463 e. The van der Waals surface area contributed by atoms with Gasteiger partial charge in [0.25, 0.3) is 0 Å². The number of hydrogen-bond acceptors (Lipinski definition) is 4. The van der Waals surface area contributed by atoms with E-state index in [4.69, 9.17) is 0 Å². The Labute approximate surface area is 82.9 Å². The summed E-state index contributed by atoms with van der Waals surface area (Å²) >= 11 is 0. The highest BCUT2D eigenvalue weighted by Crippen LogP contribution is 2.02.